The Morgan fingerprint density at radius 2 is 1.83 bits per heavy atom. The number of benzene rings is 1. The van der Waals surface area contributed by atoms with Gasteiger partial charge < -0.3 is 10.4 Å². The van der Waals surface area contributed by atoms with Crippen LogP contribution in [0, 0.1) is 5.92 Å². The van der Waals surface area contributed by atoms with Gasteiger partial charge in [-0.15, -0.1) is 0 Å². The maximum atomic E-state index is 11.7. The number of aliphatic carboxylic acids is 1. The van der Waals surface area contributed by atoms with Crippen molar-refractivity contribution in [2.24, 2.45) is 5.92 Å². The van der Waals surface area contributed by atoms with Gasteiger partial charge in [0.05, 0.1) is 4.90 Å². The highest BCUT2D eigenvalue weighted by molar-refractivity contribution is 7.89. The van der Waals surface area contributed by atoms with E-state index in [9.17, 15) is 18.0 Å². The summed E-state index contributed by atoms with van der Waals surface area (Å²) in [7, 11) is -2.11. The van der Waals surface area contributed by atoms with Crippen molar-refractivity contribution >= 4 is 21.9 Å². The van der Waals surface area contributed by atoms with Crippen LogP contribution in [0.15, 0.2) is 29.2 Å². The standard InChI is InChI=1S/C15H22N2O5S/c1-11(9-15(19)20)10-17-14(18)8-5-12-3-6-13(7-4-12)23(21,22)16-2/h3-4,6-7,11,16H,5,8-10H2,1-2H3,(H,17,18)(H,19,20). The molecule has 128 valence electrons. The molecule has 0 aromatic heterocycles. The minimum absolute atomic E-state index is 0.0156. The summed E-state index contributed by atoms with van der Waals surface area (Å²) in [6.45, 7) is 2.08. The first kappa shape index (κ1) is 19.1. The molecule has 0 aliphatic heterocycles. The Labute approximate surface area is 136 Å². The Kier molecular flexibility index (Phi) is 7.18. The van der Waals surface area contributed by atoms with E-state index in [1.54, 1.807) is 19.1 Å². The van der Waals surface area contributed by atoms with Gasteiger partial charge in [-0.1, -0.05) is 19.1 Å². The third-order valence-electron chi connectivity index (χ3n) is 3.31. The molecule has 1 rings (SSSR count). The second-order valence-electron chi connectivity index (χ2n) is 5.36. The first-order valence-corrected chi connectivity index (χ1v) is 8.74. The van der Waals surface area contributed by atoms with E-state index in [2.05, 4.69) is 10.0 Å². The largest absolute Gasteiger partial charge is 0.481 e. The molecule has 7 nitrogen and oxygen atoms in total. The van der Waals surface area contributed by atoms with Gasteiger partial charge in [0, 0.05) is 19.4 Å². The van der Waals surface area contributed by atoms with E-state index < -0.39 is 16.0 Å². The second kappa shape index (κ2) is 8.64. The summed E-state index contributed by atoms with van der Waals surface area (Å²) in [6.07, 6.45) is 0.763. The molecule has 1 unspecified atom stereocenters. The number of hydrogen-bond acceptors (Lipinski definition) is 4. The third-order valence-corrected chi connectivity index (χ3v) is 4.74. The van der Waals surface area contributed by atoms with Crippen LogP contribution in [0.5, 0.6) is 0 Å². The predicted octanol–water partition coefficient (Wildman–Crippen LogP) is 0.754. The fraction of sp³-hybridized carbons (Fsp3) is 0.467. The lowest BCUT2D eigenvalue weighted by atomic mass is 10.1. The smallest absolute Gasteiger partial charge is 0.303 e. The zero-order valence-corrected chi connectivity index (χ0v) is 14.0. The van der Waals surface area contributed by atoms with Crippen LogP contribution in [0.25, 0.3) is 0 Å². The number of carbonyl (C=O) groups excluding carboxylic acids is 1. The van der Waals surface area contributed by atoms with Crippen molar-refractivity contribution in [3.8, 4) is 0 Å². The Morgan fingerprint density at radius 1 is 1.22 bits per heavy atom. The minimum atomic E-state index is -3.45. The number of sulfonamides is 1. The molecule has 0 aliphatic rings. The van der Waals surface area contributed by atoms with Crippen molar-refractivity contribution in [2.45, 2.75) is 31.1 Å². The number of amides is 1. The fourth-order valence-electron chi connectivity index (χ4n) is 1.96. The summed E-state index contributed by atoms with van der Waals surface area (Å²) < 4.78 is 25.4. The molecule has 1 aromatic rings. The van der Waals surface area contributed by atoms with Crippen LogP contribution >= 0.6 is 0 Å². The summed E-state index contributed by atoms with van der Waals surface area (Å²) in [5, 5.41) is 11.3. The molecule has 1 aromatic carbocycles. The summed E-state index contributed by atoms with van der Waals surface area (Å²) in [4.78, 5) is 22.4. The average Bonchev–Trinajstić information content (AvgIpc) is 2.50. The zero-order valence-electron chi connectivity index (χ0n) is 13.2. The molecule has 0 bridgehead atoms. The van der Waals surface area contributed by atoms with Crippen LogP contribution in [0.3, 0.4) is 0 Å². The summed E-state index contributed by atoms with van der Waals surface area (Å²) >= 11 is 0. The van der Waals surface area contributed by atoms with Gasteiger partial charge in [0.25, 0.3) is 0 Å². The van der Waals surface area contributed by atoms with Crippen molar-refractivity contribution in [2.75, 3.05) is 13.6 Å². The van der Waals surface area contributed by atoms with Gasteiger partial charge in [-0.25, -0.2) is 13.1 Å². The van der Waals surface area contributed by atoms with Crippen LogP contribution in [0.2, 0.25) is 0 Å². The predicted molar refractivity (Wildman–Crippen MR) is 85.4 cm³/mol. The van der Waals surface area contributed by atoms with Gasteiger partial charge in [0.15, 0.2) is 0 Å². The van der Waals surface area contributed by atoms with Gasteiger partial charge in [0.1, 0.15) is 0 Å². The number of hydrogen-bond donors (Lipinski definition) is 3. The number of rotatable bonds is 9. The van der Waals surface area contributed by atoms with Gasteiger partial charge in [0.2, 0.25) is 15.9 Å². The average molecular weight is 342 g/mol. The van der Waals surface area contributed by atoms with Crippen LogP contribution in [-0.4, -0.2) is 39.0 Å². The SMILES string of the molecule is CNS(=O)(=O)c1ccc(CCC(=O)NCC(C)CC(=O)O)cc1. The van der Waals surface area contributed by atoms with Gasteiger partial charge in [-0.3, -0.25) is 9.59 Å². The van der Waals surface area contributed by atoms with E-state index in [0.717, 1.165) is 5.56 Å². The van der Waals surface area contributed by atoms with E-state index in [0.29, 0.717) is 13.0 Å². The molecule has 0 saturated carbocycles. The molecule has 0 saturated heterocycles. The molecule has 0 heterocycles. The fourth-order valence-corrected chi connectivity index (χ4v) is 2.69. The van der Waals surface area contributed by atoms with Gasteiger partial charge in [-0.05, 0) is 37.1 Å². The van der Waals surface area contributed by atoms with Crippen molar-refractivity contribution in [3.05, 3.63) is 29.8 Å². The summed E-state index contributed by atoms with van der Waals surface area (Å²) in [5.41, 5.74) is 0.855. The van der Waals surface area contributed by atoms with E-state index >= 15 is 0 Å². The van der Waals surface area contributed by atoms with Crippen LogP contribution < -0.4 is 10.0 Å². The number of carboxylic acid groups (broad SMARTS) is 1. The number of carbonyl (C=O) groups is 2. The maximum absolute atomic E-state index is 11.7. The van der Waals surface area contributed by atoms with Gasteiger partial charge in [-0.2, -0.15) is 0 Å². The van der Waals surface area contributed by atoms with E-state index in [-0.39, 0.29) is 29.6 Å². The van der Waals surface area contributed by atoms with E-state index in [1.165, 1.54) is 19.2 Å². The second-order valence-corrected chi connectivity index (χ2v) is 7.25. The van der Waals surface area contributed by atoms with Gasteiger partial charge >= 0.3 is 5.97 Å². The lowest BCUT2D eigenvalue weighted by molar-refractivity contribution is -0.138. The highest BCUT2D eigenvalue weighted by Gasteiger charge is 2.11. The van der Waals surface area contributed by atoms with E-state index in [1.807, 2.05) is 0 Å². The number of aryl methyl sites for hydroxylation is 1. The quantitative estimate of drug-likeness (QED) is 0.613. The normalized spacial score (nSPS) is 12.6. The molecule has 1 amide bonds. The van der Waals surface area contributed by atoms with Crippen LogP contribution in [0.4, 0.5) is 0 Å². The lowest BCUT2D eigenvalue weighted by Crippen LogP contribution is -2.29. The van der Waals surface area contributed by atoms with Crippen LogP contribution in [0.1, 0.15) is 25.3 Å². The highest BCUT2D eigenvalue weighted by Crippen LogP contribution is 2.11. The molecular formula is C15H22N2O5S. The Hall–Kier alpha value is -1.93. The molecule has 1 atom stereocenters. The Balaban J connectivity index is 2.43. The molecule has 0 spiro atoms. The highest BCUT2D eigenvalue weighted by atomic mass is 32.2. The number of carboxylic acids is 1. The van der Waals surface area contributed by atoms with Crippen molar-refractivity contribution in [3.63, 3.8) is 0 Å². The Bertz CT molecular complexity index is 640. The van der Waals surface area contributed by atoms with Crippen molar-refractivity contribution < 1.29 is 23.1 Å². The molecule has 8 heteroatoms. The first-order valence-electron chi connectivity index (χ1n) is 7.25. The lowest BCUT2D eigenvalue weighted by Gasteiger charge is -2.10. The molecule has 0 fully saturated rings. The zero-order chi connectivity index (χ0) is 17.5. The first-order chi connectivity index (χ1) is 10.7. The third kappa shape index (κ3) is 6.79. The summed E-state index contributed by atoms with van der Waals surface area (Å²) in [6, 6.07) is 6.33. The molecule has 0 aliphatic carbocycles. The maximum Gasteiger partial charge on any atom is 0.303 e. The monoisotopic (exact) mass is 342 g/mol. The van der Waals surface area contributed by atoms with Crippen molar-refractivity contribution in [1.82, 2.24) is 10.0 Å². The molecule has 0 radical (unpaired) electrons. The topological polar surface area (TPSA) is 113 Å². The molecule has 3 N–H and O–H groups in total. The molecule has 23 heavy (non-hydrogen) atoms. The van der Waals surface area contributed by atoms with Crippen molar-refractivity contribution in [1.29, 1.82) is 0 Å². The molecular weight excluding hydrogens is 320 g/mol. The van der Waals surface area contributed by atoms with E-state index in [4.69, 9.17) is 5.11 Å². The minimum Gasteiger partial charge on any atom is -0.481 e. The number of nitrogens with one attached hydrogen (secondary N) is 2. The Morgan fingerprint density at radius 3 is 2.35 bits per heavy atom. The van der Waals surface area contributed by atoms with Crippen LogP contribution in [-0.2, 0) is 26.0 Å². The summed E-state index contributed by atoms with van der Waals surface area (Å²) in [5.74, 6) is -1.17.